The highest BCUT2D eigenvalue weighted by Crippen LogP contribution is 2.39. The molecule has 6 heteroatoms. The molecule has 2 saturated carbocycles. The molecule has 0 saturated heterocycles. The summed E-state index contributed by atoms with van der Waals surface area (Å²) >= 11 is 6.57. The van der Waals surface area contributed by atoms with Crippen molar-refractivity contribution < 1.29 is 4.74 Å². The Bertz CT molecular complexity index is 1020. The molecule has 0 amide bonds. The minimum atomic E-state index is 0.625. The summed E-state index contributed by atoms with van der Waals surface area (Å²) in [6.07, 6.45) is 10.2. The standard InChI is InChI=1S/C23H27ClN4O/c1-3-20-23(27(13-15-4-5-15)14-16-6-7-16)28-11-10-25-21(22(28)26-20)18-9-8-17(29-2)12-19(18)24/h8-12,15-16H,3-7,13-14H2,1-2H3. The summed E-state index contributed by atoms with van der Waals surface area (Å²) in [5.41, 5.74) is 3.72. The van der Waals surface area contributed by atoms with Crippen molar-refractivity contribution in [1.82, 2.24) is 14.4 Å². The maximum absolute atomic E-state index is 6.57. The van der Waals surface area contributed by atoms with E-state index < -0.39 is 0 Å². The lowest BCUT2D eigenvalue weighted by molar-refractivity contribution is 0.415. The molecule has 152 valence electrons. The number of benzene rings is 1. The second-order valence-corrected chi connectivity index (χ2v) is 8.75. The molecule has 0 N–H and O–H groups in total. The number of hydrogen-bond acceptors (Lipinski definition) is 4. The van der Waals surface area contributed by atoms with Crippen LogP contribution in [0.5, 0.6) is 5.75 Å². The lowest BCUT2D eigenvalue weighted by Crippen LogP contribution is -2.30. The number of hydrogen-bond donors (Lipinski definition) is 0. The van der Waals surface area contributed by atoms with Crippen LogP contribution in [0.2, 0.25) is 5.02 Å². The molecule has 3 aromatic rings. The topological polar surface area (TPSA) is 42.7 Å². The van der Waals surface area contributed by atoms with E-state index in [-0.39, 0.29) is 0 Å². The fourth-order valence-electron chi connectivity index (χ4n) is 4.06. The van der Waals surface area contributed by atoms with E-state index in [9.17, 15) is 0 Å². The Morgan fingerprint density at radius 1 is 1.17 bits per heavy atom. The van der Waals surface area contributed by atoms with Crippen LogP contribution in [0.1, 0.15) is 38.3 Å². The maximum Gasteiger partial charge on any atom is 0.165 e. The fraction of sp³-hybridized carbons (Fsp3) is 0.478. The third-order valence-corrected chi connectivity index (χ3v) is 6.32. The van der Waals surface area contributed by atoms with Gasteiger partial charge in [0.15, 0.2) is 5.65 Å². The van der Waals surface area contributed by atoms with Crippen LogP contribution in [-0.4, -0.2) is 34.6 Å². The molecule has 0 aliphatic heterocycles. The van der Waals surface area contributed by atoms with Gasteiger partial charge in [-0.25, -0.2) is 4.98 Å². The SMILES string of the molecule is CCc1nc2c(-c3ccc(OC)cc3Cl)nccn2c1N(CC1CC1)CC1CC1. The van der Waals surface area contributed by atoms with Gasteiger partial charge in [-0.3, -0.25) is 9.38 Å². The van der Waals surface area contributed by atoms with Gasteiger partial charge in [0.05, 0.1) is 17.8 Å². The van der Waals surface area contributed by atoms with Gasteiger partial charge in [0.2, 0.25) is 0 Å². The van der Waals surface area contributed by atoms with E-state index in [1.807, 2.05) is 30.6 Å². The minimum Gasteiger partial charge on any atom is -0.497 e. The average Bonchev–Trinajstić information content (AvgIpc) is 3.66. The van der Waals surface area contributed by atoms with Gasteiger partial charge in [0.25, 0.3) is 0 Å². The van der Waals surface area contributed by atoms with Crippen LogP contribution >= 0.6 is 11.6 Å². The Morgan fingerprint density at radius 3 is 2.48 bits per heavy atom. The van der Waals surface area contributed by atoms with E-state index in [0.29, 0.717) is 5.02 Å². The Labute approximate surface area is 176 Å². The molecule has 0 bridgehead atoms. The predicted octanol–water partition coefficient (Wildman–Crippen LogP) is 5.25. The molecule has 2 fully saturated rings. The summed E-state index contributed by atoms with van der Waals surface area (Å²) in [6.45, 7) is 4.46. The van der Waals surface area contributed by atoms with Gasteiger partial charge in [-0.05, 0) is 62.1 Å². The normalized spacial score (nSPS) is 16.4. The van der Waals surface area contributed by atoms with E-state index >= 15 is 0 Å². The van der Waals surface area contributed by atoms with Crippen LogP contribution in [0.25, 0.3) is 16.9 Å². The third-order valence-electron chi connectivity index (χ3n) is 6.00. The largest absolute Gasteiger partial charge is 0.497 e. The molecule has 2 aliphatic carbocycles. The lowest BCUT2D eigenvalue weighted by atomic mass is 10.1. The molecule has 5 rings (SSSR count). The molecule has 2 aliphatic rings. The number of aryl methyl sites for hydroxylation is 1. The van der Waals surface area contributed by atoms with Crippen LogP contribution in [0.4, 0.5) is 5.82 Å². The van der Waals surface area contributed by atoms with Crippen molar-refractivity contribution >= 4 is 23.1 Å². The molecular weight excluding hydrogens is 384 g/mol. The highest BCUT2D eigenvalue weighted by atomic mass is 35.5. The van der Waals surface area contributed by atoms with Crippen molar-refractivity contribution in [1.29, 1.82) is 0 Å². The summed E-state index contributed by atoms with van der Waals surface area (Å²) in [5.74, 6) is 3.65. The summed E-state index contributed by atoms with van der Waals surface area (Å²) < 4.78 is 7.53. The lowest BCUT2D eigenvalue weighted by Gasteiger charge is -2.25. The maximum atomic E-state index is 6.57. The number of aromatic nitrogens is 3. The Kier molecular flexibility index (Phi) is 4.86. The van der Waals surface area contributed by atoms with Gasteiger partial charge in [0, 0.05) is 31.0 Å². The average molecular weight is 411 g/mol. The first-order valence-corrected chi connectivity index (χ1v) is 11.0. The zero-order valence-corrected chi connectivity index (χ0v) is 17.8. The molecule has 29 heavy (non-hydrogen) atoms. The molecule has 1 aromatic carbocycles. The number of nitrogens with zero attached hydrogens (tertiary/aromatic N) is 4. The molecular formula is C23H27ClN4O. The fourth-order valence-corrected chi connectivity index (χ4v) is 4.32. The predicted molar refractivity (Wildman–Crippen MR) is 117 cm³/mol. The number of ether oxygens (including phenoxy) is 1. The molecule has 0 spiro atoms. The third kappa shape index (κ3) is 3.68. The molecule has 2 heterocycles. The highest BCUT2D eigenvalue weighted by Gasteiger charge is 2.32. The van der Waals surface area contributed by atoms with Gasteiger partial charge in [-0.1, -0.05) is 18.5 Å². The van der Waals surface area contributed by atoms with E-state index in [1.165, 1.54) is 31.5 Å². The van der Waals surface area contributed by atoms with Crippen molar-refractivity contribution in [3.8, 4) is 17.0 Å². The van der Waals surface area contributed by atoms with Crippen LogP contribution in [0.15, 0.2) is 30.6 Å². The van der Waals surface area contributed by atoms with E-state index in [0.717, 1.165) is 59.7 Å². The van der Waals surface area contributed by atoms with E-state index in [2.05, 4.69) is 21.2 Å². The molecule has 5 nitrogen and oxygen atoms in total. The summed E-state index contributed by atoms with van der Waals surface area (Å²) in [5, 5.41) is 0.625. The van der Waals surface area contributed by atoms with Crippen molar-refractivity contribution in [2.75, 3.05) is 25.1 Å². The minimum absolute atomic E-state index is 0.625. The first kappa shape index (κ1) is 18.7. The monoisotopic (exact) mass is 410 g/mol. The molecule has 0 unspecified atom stereocenters. The zero-order valence-electron chi connectivity index (χ0n) is 17.1. The van der Waals surface area contributed by atoms with Crippen LogP contribution in [0, 0.1) is 11.8 Å². The highest BCUT2D eigenvalue weighted by molar-refractivity contribution is 6.33. The molecule has 0 atom stereocenters. The summed E-state index contributed by atoms with van der Waals surface area (Å²) in [4.78, 5) is 12.3. The first-order valence-electron chi connectivity index (χ1n) is 10.6. The number of anilines is 1. The number of rotatable bonds is 8. The van der Waals surface area contributed by atoms with Crippen molar-refractivity contribution in [2.45, 2.75) is 39.0 Å². The van der Waals surface area contributed by atoms with Gasteiger partial charge in [-0.2, -0.15) is 0 Å². The van der Waals surface area contributed by atoms with Crippen LogP contribution in [-0.2, 0) is 6.42 Å². The summed E-state index contributed by atoms with van der Waals surface area (Å²) in [6, 6.07) is 5.72. The number of imidazole rings is 1. The van der Waals surface area contributed by atoms with Gasteiger partial charge in [0.1, 0.15) is 17.3 Å². The van der Waals surface area contributed by atoms with Gasteiger partial charge >= 0.3 is 0 Å². The van der Waals surface area contributed by atoms with Crippen LogP contribution in [0.3, 0.4) is 0 Å². The Hall–Kier alpha value is -2.27. The van der Waals surface area contributed by atoms with Crippen molar-refractivity contribution in [3.63, 3.8) is 0 Å². The van der Waals surface area contributed by atoms with Crippen molar-refractivity contribution in [2.24, 2.45) is 11.8 Å². The first-order chi connectivity index (χ1) is 14.2. The van der Waals surface area contributed by atoms with E-state index in [4.69, 9.17) is 21.3 Å². The van der Waals surface area contributed by atoms with Crippen LogP contribution < -0.4 is 9.64 Å². The second kappa shape index (κ2) is 7.52. The number of fused-ring (bicyclic) bond motifs is 1. The Balaban J connectivity index is 1.63. The molecule has 0 radical (unpaired) electrons. The van der Waals surface area contributed by atoms with E-state index in [1.54, 1.807) is 7.11 Å². The van der Waals surface area contributed by atoms with Gasteiger partial charge < -0.3 is 9.64 Å². The van der Waals surface area contributed by atoms with Crippen molar-refractivity contribution in [3.05, 3.63) is 41.3 Å². The summed E-state index contributed by atoms with van der Waals surface area (Å²) in [7, 11) is 1.65. The second-order valence-electron chi connectivity index (χ2n) is 8.34. The molecule has 2 aromatic heterocycles. The smallest absolute Gasteiger partial charge is 0.165 e. The Morgan fingerprint density at radius 2 is 1.90 bits per heavy atom. The number of methoxy groups -OCH3 is 1. The van der Waals surface area contributed by atoms with Gasteiger partial charge in [-0.15, -0.1) is 0 Å². The number of halogens is 1. The zero-order chi connectivity index (χ0) is 20.0. The quantitative estimate of drug-likeness (QED) is 0.508.